The van der Waals surface area contributed by atoms with Crippen LogP contribution < -0.4 is 5.32 Å². The first-order chi connectivity index (χ1) is 20.3. The highest BCUT2D eigenvalue weighted by atomic mass is 15.2. The van der Waals surface area contributed by atoms with Crippen LogP contribution in [0, 0.1) is 0 Å². The molecule has 41 heavy (non-hydrogen) atoms. The van der Waals surface area contributed by atoms with E-state index in [-0.39, 0.29) is 0 Å². The molecule has 7 rings (SSSR count). The molecule has 0 amide bonds. The molecule has 2 aromatic heterocycles. The van der Waals surface area contributed by atoms with Crippen molar-refractivity contribution in [2.24, 2.45) is 4.99 Å². The molecule has 0 fully saturated rings. The normalized spacial score (nSPS) is 18.2. The third-order valence-electron chi connectivity index (χ3n) is 8.11. The summed E-state index contributed by atoms with van der Waals surface area (Å²) in [7, 11) is 0. The number of pyridine rings is 1. The van der Waals surface area contributed by atoms with Gasteiger partial charge in [-0.2, -0.15) is 0 Å². The Kier molecular flexibility index (Phi) is 7.24. The van der Waals surface area contributed by atoms with Gasteiger partial charge in [-0.15, -0.1) is 0 Å². The molecule has 0 bridgehead atoms. The van der Waals surface area contributed by atoms with Crippen LogP contribution in [0.2, 0.25) is 0 Å². The Hall–Kier alpha value is -4.39. The Morgan fingerprint density at radius 1 is 0.780 bits per heavy atom. The number of fused-ring (bicyclic) bond motifs is 3. The van der Waals surface area contributed by atoms with Gasteiger partial charge in [0.15, 0.2) is 0 Å². The molecule has 0 saturated heterocycles. The van der Waals surface area contributed by atoms with Crippen LogP contribution in [0.15, 0.2) is 114 Å². The van der Waals surface area contributed by atoms with E-state index in [2.05, 4.69) is 111 Å². The van der Waals surface area contributed by atoms with Gasteiger partial charge in [0.25, 0.3) is 0 Å². The van der Waals surface area contributed by atoms with E-state index in [9.17, 15) is 0 Å². The van der Waals surface area contributed by atoms with E-state index in [0.717, 1.165) is 67.1 Å². The molecule has 6 heteroatoms. The molecule has 0 radical (unpaired) electrons. The van der Waals surface area contributed by atoms with Gasteiger partial charge in [0.1, 0.15) is 5.82 Å². The zero-order valence-electron chi connectivity index (χ0n) is 23.1. The predicted molar refractivity (Wildman–Crippen MR) is 167 cm³/mol. The standard InChI is InChI=1S/C35H34N6/c1-2-8-32-27(6-1)15-16-29(38-32)22-36-21-25-11-13-26(14-12-25)23-41(24-35-39-33-9-3-4-10-34(33)40-35)30-17-18-31-28(20-30)7-5-19-37-31/h1-16,19-20,30-31,36H,17-18,21-24H2,(H,39,40). The topological polar surface area (TPSA) is 69.2 Å². The van der Waals surface area contributed by atoms with Gasteiger partial charge in [0, 0.05) is 37.3 Å². The maximum absolute atomic E-state index is 4.89. The molecule has 6 nitrogen and oxygen atoms in total. The number of aromatic nitrogens is 3. The fourth-order valence-electron chi connectivity index (χ4n) is 5.94. The molecule has 0 spiro atoms. The first kappa shape index (κ1) is 25.6. The van der Waals surface area contributed by atoms with Crippen LogP contribution in [0.3, 0.4) is 0 Å². The van der Waals surface area contributed by atoms with Gasteiger partial charge in [-0.1, -0.05) is 72.8 Å². The smallest absolute Gasteiger partial charge is 0.121 e. The number of dihydropyridines is 1. The summed E-state index contributed by atoms with van der Waals surface area (Å²) >= 11 is 0. The molecule has 204 valence electrons. The van der Waals surface area contributed by atoms with Crippen LogP contribution in [0.5, 0.6) is 0 Å². The number of aliphatic imine (C=N–C) groups is 1. The van der Waals surface area contributed by atoms with Crippen molar-refractivity contribution in [3.05, 3.63) is 131 Å². The van der Waals surface area contributed by atoms with E-state index in [1.807, 2.05) is 18.3 Å². The van der Waals surface area contributed by atoms with Crippen molar-refractivity contribution in [1.29, 1.82) is 0 Å². The lowest BCUT2D eigenvalue weighted by molar-refractivity contribution is 0.188. The van der Waals surface area contributed by atoms with E-state index in [1.165, 1.54) is 22.1 Å². The van der Waals surface area contributed by atoms with Crippen LogP contribution in [0.4, 0.5) is 0 Å². The summed E-state index contributed by atoms with van der Waals surface area (Å²) in [5, 5.41) is 4.73. The van der Waals surface area contributed by atoms with Crippen LogP contribution >= 0.6 is 0 Å². The molecule has 2 unspecified atom stereocenters. The minimum atomic E-state index is 0.306. The number of allylic oxidation sites excluding steroid dienone is 1. The van der Waals surface area contributed by atoms with Crippen LogP contribution in [0.25, 0.3) is 21.9 Å². The SMILES string of the molecule is C1=CC2=CC(N(Cc3ccc(CNCc4ccc5ccccc5n4)cc3)Cc3nc4ccccc4[nH]3)CCC2N=C1. The predicted octanol–water partition coefficient (Wildman–Crippen LogP) is 6.50. The lowest BCUT2D eigenvalue weighted by Gasteiger charge is -2.34. The van der Waals surface area contributed by atoms with E-state index < -0.39 is 0 Å². The van der Waals surface area contributed by atoms with Crippen molar-refractivity contribution in [2.75, 3.05) is 0 Å². The molecular formula is C35H34N6. The molecule has 1 aliphatic heterocycles. The Balaban J connectivity index is 1.04. The Labute approximate surface area is 240 Å². The number of hydrogen-bond donors (Lipinski definition) is 2. The summed E-state index contributed by atoms with van der Waals surface area (Å²) in [5.74, 6) is 1.01. The third kappa shape index (κ3) is 5.89. The van der Waals surface area contributed by atoms with E-state index in [0.29, 0.717) is 12.1 Å². The van der Waals surface area contributed by atoms with Gasteiger partial charge in [-0.25, -0.2) is 4.98 Å². The van der Waals surface area contributed by atoms with Crippen LogP contribution in [0.1, 0.15) is 35.5 Å². The molecule has 5 aromatic rings. The molecule has 2 atom stereocenters. The zero-order valence-corrected chi connectivity index (χ0v) is 23.1. The lowest BCUT2D eigenvalue weighted by atomic mass is 9.89. The van der Waals surface area contributed by atoms with Crippen molar-refractivity contribution in [3.8, 4) is 0 Å². The Morgan fingerprint density at radius 3 is 2.51 bits per heavy atom. The van der Waals surface area contributed by atoms with Crippen molar-refractivity contribution in [3.63, 3.8) is 0 Å². The largest absolute Gasteiger partial charge is 0.341 e. The van der Waals surface area contributed by atoms with E-state index >= 15 is 0 Å². The number of benzene rings is 3. The third-order valence-corrected chi connectivity index (χ3v) is 8.11. The van der Waals surface area contributed by atoms with Gasteiger partial charge in [0.2, 0.25) is 0 Å². The monoisotopic (exact) mass is 538 g/mol. The molecule has 2 N–H and O–H groups in total. The number of hydrogen-bond acceptors (Lipinski definition) is 5. The van der Waals surface area contributed by atoms with Crippen molar-refractivity contribution in [1.82, 2.24) is 25.2 Å². The number of para-hydroxylation sites is 3. The second-order valence-electron chi connectivity index (χ2n) is 11.0. The number of imidazole rings is 1. The Bertz CT molecular complexity index is 1710. The molecule has 3 heterocycles. The van der Waals surface area contributed by atoms with Crippen LogP contribution in [-0.2, 0) is 26.2 Å². The average molecular weight is 539 g/mol. The summed E-state index contributed by atoms with van der Waals surface area (Å²) in [6, 6.07) is 30.4. The van der Waals surface area contributed by atoms with Crippen molar-refractivity contribution >= 4 is 28.2 Å². The van der Waals surface area contributed by atoms with Gasteiger partial charge < -0.3 is 10.3 Å². The average Bonchev–Trinajstić information content (AvgIpc) is 3.44. The molecular weight excluding hydrogens is 504 g/mol. The summed E-state index contributed by atoms with van der Waals surface area (Å²) in [5.41, 5.74) is 8.11. The van der Waals surface area contributed by atoms with Crippen molar-refractivity contribution in [2.45, 2.75) is 51.1 Å². The maximum Gasteiger partial charge on any atom is 0.121 e. The Morgan fingerprint density at radius 2 is 1.61 bits per heavy atom. The van der Waals surface area contributed by atoms with Crippen LogP contribution in [-0.4, -0.2) is 38.2 Å². The van der Waals surface area contributed by atoms with Gasteiger partial charge in [-0.05, 0) is 59.9 Å². The molecule has 2 aliphatic rings. The van der Waals surface area contributed by atoms with Gasteiger partial charge >= 0.3 is 0 Å². The van der Waals surface area contributed by atoms with Gasteiger partial charge in [0.05, 0.1) is 34.8 Å². The molecule has 0 saturated carbocycles. The molecule has 3 aromatic carbocycles. The number of rotatable bonds is 9. The van der Waals surface area contributed by atoms with Crippen molar-refractivity contribution < 1.29 is 0 Å². The number of nitrogens with one attached hydrogen (secondary N) is 2. The second kappa shape index (κ2) is 11.6. The summed E-state index contributed by atoms with van der Waals surface area (Å²) < 4.78 is 0. The minimum absolute atomic E-state index is 0.306. The highest BCUT2D eigenvalue weighted by molar-refractivity contribution is 5.78. The highest BCUT2D eigenvalue weighted by Crippen LogP contribution is 2.29. The van der Waals surface area contributed by atoms with E-state index in [1.54, 1.807) is 0 Å². The number of nitrogens with zero attached hydrogens (tertiary/aromatic N) is 4. The molecule has 1 aliphatic carbocycles. The fourth-order valence-corrected chi connectivity index (χ4v) is 5.94. The summed E-state index contributed by atoms with van der Waals surface area (Å²) in [6.45, 7) is 3.18. The number of aromatic amines is 1. The first-order valence-electron chi connectivity index (χ1n) is 14.5. The zero-order chi connectivity index (χ0) is 27.4. The number of H-pyrrole nitrogens is 1. The van der Waals surface area contributed by atoms with Gasteiger partial charge in [-0.3, -0.25) is 14.9 Å². The summed E-state index contributed by atoms with van der Waals surface area (Å²) in [4.78, 5) is 20.4. The fraction of sp³-hybridized carbons (Fsp3) is 0.229. The van der Waals surface area contributed by atoms with E-state index in [4.69, 9.17) is 9.97 Å². The minimum Gasteiger partial charge on any atom is -0.341 e. The quantitative estimate of drug-likeness (QED) is 0.225. The lowest BCUT2D eigenvalue weighted by Crippen LogP contribution is -2.37. The first-order valence-corrected chi connectivity index (χ1v) is 14.5. The summed E-state index contributed by atoms with van der Waals surface area (Å²) in [6.07, 6.45) is 10.8. The maximum atomic E-state index is 4.89. The highest BCUT2D eigenvalue weighted by Gasteiger charge is 2.27. The second-order valence-corrected chi connectivity index (χ2v) is 11.0.